The Balaban J connectivity index is 2.06. The Labute approximate surface area is 132 Å². The Hall–Kier alpha value is -2.06. The van der Waals surface area contributed by atoms with Gasteiger partial charge in [-0.25, -0.2) is 0 Å². The molecule has 3 aromatic carbocycles. The average molecular weight is 337 g/mol. The summed E-state index contributed by atoms with van der Waals surface area (Å²) in [5, 5.41) is 0. The summed E-state index contributed by atoms with van der Waals surface area (Å²) < 4.78 is 5.69. The average Bonchev–Trinajstić information content (AvgIpc) is 2.56. The van der Waals surface area contributed by atoms with Crippen LogP contribution in [0, 0.1) is 0 Å². The quantitative estimate of drug-likeness (QED) is 0.534. The summed E-state index contributed by atoms with van der Waals surface area (Å²) in [5.74, 6) is 1.80. The zero-order valence-corrected chi connectivity index (χ0v) is 12.9. The van der Waals surface area contributed by atoms with Crippen molar-refractivity contribution in [2.75, 3.05) is 0 Å². The van der Waals surface area contributed by atoms with E-state index in [1.807, 2.05) is 30.3 Å². The Morgan fingerprint density at radius 3 is 1.67 bits per heavy atom. The molecule has 2 heteroatoms. The van der Waals surface area contributed by atoms with Crippen molar-refractivity contribution >= 4 is 15.9 Å². The summed E-state index contributed by atoms with van der Waals surface area (Å²) in [4.78, 5) is 0. The summed E-state index contributed by atoms with van der Waals surface area (Å²) >= 11 is 4.02. The molecule has 0 bridgehead atoms. The first-order valence-electron chi connectivity index (χ1n) is 6.91. The summed E-state index contributed by atoms with van der Waals surface area (Å²) in [6.07, 6.45) is 0. The number of ether oxygens (including phenoxy) is 1. The van der Waals surface area contributed by atoms with Gasteiger partial charge in [-0.2, -0.15) is 0 Å². The van der Waals surface area contributed by atoms with Crippen molar-refractivity contribution in [1.29, 1.82) is 0 Å². The fourth-order valence-electron chi connectivity index (χ4n) is 2.92. The van der Waals surface area contributed by atoms with Crippen LogP contribution >= 0.6 is 15.9 Å². The van der Waals surface area contributed by atoms with E-state index in [9.17, 15) is 0 Å². The molecule has 1 aliphatic rings. The molecule has 0 saturated heterocycles. The van der Waals surface area contributed by atoms with Gasteiger partial charge < -0.3 is 4.74 Å². The summed E-state index contributed by atoms with van der Waals surface area (Å²) in [6.45, 7) is 0. The fraction of sp³-hybridized carbons (Fsp3) is 0.0526. The Bertz CT molecular complexity index is 750. The van der Waals surface area contributed by atoms with Gasteiger partial charge in [-0.05, 0) is 17.7 Å². The highest BCUT2D eigenvalue weighted by Gasteiger charge is 2.41. The minimum Gasteiger partial charge on any atom is -0.457 e. The van der Waals surface area contributed by atoms with Crippen LogP contribution < -0.4 is 4.74 Å². The van der Waals surface area contributed by atoms with E-state index in [0.717, 1.165) is 22.6 Å². The van der Waals surface area contributed by atoms with Gasteiger partial charge in [-0.1, -0.05) is 82.7 Å². The van der Waals surface area contributed by atoms with Crippen LogP contribution in [0.1, 0.15) is 16.7 Å². The van der Waals surface area contributed by atoms with Crippen LogP contribution in [0.4, 0.5) is 0 Å². The van der Waals surface area contributed by atoms with E-state index in [1.54, 1.807) is 0 Å². The van der Waals surface area contributed by atoms with E-state index in [0.29, 0.717) is 0 Å². The van der Waals surface area contributed by atoms with Crippen LogP contribution in [0.2, 0.25) is 0 Å². The third-order valence-electron chi connectivity index (χ3n) is 3.91. The minimum absolute atomic E-state index is 0.375. The molecule has 0 saturated carbocycles. The lowest BCUT2D eigenvalue weighted by molar-refractivity contribution is 0.448. The predicted octanol–water partition coefficient (Wildman–Crippen LogP) is 5.48. The van der Waals surface area contributed by atoms with Crippen molar-refractivity contribution in [2.24, 2.45) is 0 Å². The Morgan fingerprint density at radius 1 is 0.619 bits per heavy atom. The molecule has 0 atom stereocenters. The standard InChI is InChI=1S/C19H13BrO/c20-19(14-8-2-1-3-9-14)15-10-4-6-12-17(15)21-18-13-7-5-11-16(18)19/h1-13H. The van der Waals surface area contributed by atoms with E-state index >= 15 is 0 Å². The smallest absolute Gasteiger partial charge is 0.132 e. The second-order valence-corrected chi connectivity index (χ2v) is 6.31. The number of hydrogen-bond acceptors (Lipinski definition) is 1. The molecule has 0 N–H and O–H groups in total. The molecule has 1 heterocycles. The maximum atomic E-state index is 6.06. The van der Waals surface area contributed by atoms with E-state index < -0.39 is 0 Å². The third-order valence-corrected chi connectivity index (χ3v) is 5.22. The molecule has 21 heavy (non-hydrogen) atoms. The number of halogens is 1. The zero-order chi connectivity index (χ0) is 14.3. The number of hydrogen-bond donors (Lipinski definition) is 0. The lowest BCUT2D eigenvalue weighted by atomic mass is 9.82. The maximum absolute atomic E-state index is 6.06. The lowest BCUT2D eigenvalue weighted by Gasteiger charge is -2.36. The van der Waals surface area contributed by atoms with Gasteiger partial charge in [-0.15, -0.1) is 0 Å². The Morgan fingerprint density at radius 2 is 1.10 bits per heavy atom. The molecule has 4 rings (SSSR count). The topological polar surface area (TPSA) is 9.23 Å². The fourth-order valence-corrected chi connectivity index (χ4v) is 3.84. The minimum atomic E-state index is -0.375. The van der Waals surface area contributed by atoms with E-state index in [1.165, 1.54) is 5.56 Å². The lowest BCUT2D eigenvalue weighted by Crippen LogP contribution is -2.26. The highest BCUT2D eigenvalue weighted by Crippen LogP contribution is 2.54. The van der Waals surface area contributed by atoms with Crippen molar-refractivity contribution in [1.82, 2.24) is 0 Å². The van der Waals surface area contributed by atoms with Crippen LogP contribution in [0.15, 0.2) is 78.9 Å². The molecular formula is C19H13BrO. The number of para-hydroxylation sites is 2. The first-order chi connectivity index (χ1) is 10.3. The van der Waals surface area contributed by atoms with Crippen LogP contribution in [-0.2, 0) is 4.32 Å². The second-order valence-electron chi connectivity index (χ2n) is 5.12. The van der Waals surface area contributed by atoms with Crippen LogP contribution in [-0.4, -0.2) is 0 Å². The predicted molar refractivity (Wildman–Crippen MR) is 88.2 cm³/mol. The van der Waals surface area contributed by atoms with Gasteiger partial charge in [0.05, 0.1) is 0 Å². The van der Waals surface area contributed by atoms with E-state index in [2.05, 4.69) is 64.5 Å². The molecule has 102 valence electrons. The van der Waals surface area contributed by atoms with Gasteiger partial charge in [0.1, 0.15) is 15.8 Å². The highest BCUT2D eigenvalue weighted by molar-refractivity contribution is 9.10. The van der Waals surface area contributed by atoms with Gasteiger partial charge in [0.25, 0.3) is 0 Å². The molecule has 0 spiro atoms. The van der Waals surface area contributed by atoms with Crippen molar-refractivity contribution in [3.63, 3.8) is 0 Å². The number of rotatable bonds is 1. The van der Waals surface area contributed by atoms with Gasteiger partial charge in [0.2, 0.25) is 0 Å². The van der Waals surface area contributed by atoms with Gasteiger partial charge in [0.15, 0.2) is 0 Å². The van der Waals surface area contributed by atoms with E-state index in [-0.39, 0.29) is 4.32 Å². The largest absolute Gasteiger partial charge is 0.457 e. The molecule has 0 unspecified atom stereocenters. The molecule has 1 nitrogen and oxygen atoms in total. The SMILES string of the molecule is BrC1(c2ccccc2)c2ccccc2Oc2ccccc21. The first-order valence-corrected chi connectivity index (χ1v) is 7.71. The van der Waals surface area contributed by atoms with E-state index in [4.69, 9.17) is 4.74 Å². The number of fused-ring (bicyclic) bond motifs is 2. The molecule has 3 aromatic rings. The summed E-state index contributed by atoms with van der Waals surface area (Å²) in [6, 6.07) is 26.9. The molecule has 1 aliphatic heterocycles. The molecule has 0 radical (unpaired) electrons. The number of benzene rings is 3. The van der Waals surface area contributed by atoms with Crippen LogP contribution in [0.25, 0.3) is 0 Å². The zero-order valence-electron chi connectivity index (χ0n) is 11.3. The third kappa shape index (κ3) is 1.83. The normalized spacial score (nSPS) is 14.7. The monoisotopic (exact) mass is 336 g/mol. The number of alkyl halides is 1. The second kappa shape index (κ2) is 4.74. The summed E-state index contributed by atoms with van der Waals surface area (Å²) in [5.41, 5.74) is 3.47. The molecule has 0 aromatic heterocycles. The molecule has 0 aliphatic carbocycles. The highest BCUT2D eigenvalue weighted by atomic mass is 79.9. The molecular weight excluding hydrogens is 324 g/mol. The summed E-state index contributed by atoms with van der Waals surface area (Å²) in [7, 11) is 0. The van der Waals surface area contributed by atoms with Gasteiger partial charge in [-0.3, -0.25) is 0 Å². The van der Waals surface area contributed by atoms with Crippen LogP contribution in [0.3, 0.4) is 0 Å². The Kier molecular flexibility index (Phi) is 2.86. The van der Waals surface area contributed by atoms with Crippen molar-refractivity contribution in [3.8, 4) is 11.5 Å². The van der Waals surface area contributed by atoms with Gasteiger partial charge >= 0.3 is 0 Å². The van der Waals surface area contributed by atoms with Crippen molar-refractivity contribution in [3.05, 3.63) is 95.6 Å². The van der Waals surface area contributed by atoms with Crippen molar-refractivity contribution < 1.29 is 4.74 Å². The van der Waals surface area contributed by atoms with Crippen molar-refractivity contribution in [2.45, 2.75) is 4.32 Å². The first kappa shape index (κ1) is 12.7. The molecule has 0 amide bonds. The van der Waals surface area contributed by atoms with Gasteiger partial charge in [0, 0.05) is 11.1 Å². The van der Waals surface area contributed by atoms with Crippen LogP contribution in [0.5, 0.6) is 11.5 Å². The molecule has 0 fully saturated rings. The maximum Gasteiger partial charge on any atom is 0.132 e.